The van der Waals surface area contributed by atoms with Crippen LogP contribution in [0.25, 0.3) is 0 Å². The van der Waals surface area contributed by atoms with Gasteiger partial charge in [-0.05, 0) is 76.3 Å². The summed E-state index contributed by atoms with van der Waals surface area (Å²) in [6, 6.07) is 3.99. The Morgan fingerprint density at radius 3 is 2.61 bits per heavy atom. The number of rotatable bonds is 5. The molecule has 0 aliphatic carbocycles. The van der Waals surface area contributed by atoms with Gasteiger partial charge in [-0.15, -0.1) is 0 Å². The zero-order valence-corrected chi connectivity index (χ0v) is 20.5. The number of aromatic hydroxyl groups is 1. The monoisotopic (exact) mass is 452 g/mol. The molecule has 1 saturated heterocycles. The van der Waals surface area contributed by atoms with Gasteiger partial charge in [0.1, 0.15) is 17.1 Å². The zero-order valence-electron chi connectivity index (χ0n) is 20.5. The van der Waals surface area contributed by atoms with Gasteiger partial charge in [0.2, 0.25) is 5.91 Å². The van der Waals surface area contributed by atoms with Crippen LogP contribution in [0.15, 0.2) is 18.3 Å². The average Bonchev–Trinajstić information content (AvgIpc) is 2.82. The van der Waals surface area contributed by atoms with E-state index in [0.29, 0.717) is 25.3 Å². The summed E-state index contributed by atoms with van der Waals surface area (Å²) in [7, 11) is 0. The minimum absolute atomic E-state index is 0.137. The molecule has 3 heterocycles. The number of carbonyl (C=O) groups excluding carboxylic acids is 1. The summed E-state index contributed by atoms with van der Waals surface area (Å²) in [6.07, 6.45) is 3.74. The van der Waals surface area contributed by atoms with Crippen LogP contribution in [0.4, 0.5) is 11.5 Å². The molecular formula is C26H36N4O3. The van der Waals surface area contributed by atoms with Crippen LogP contribution in [-0.2, 0) is 11.2 Å². The second-order valence-corrected chi connectivity index (χ2v) is 9.53. The molecule has 4 rings (SSSR count). The van der Waals surface area contributed by atoms with Gasteiger partial charge in [0.25, 0.3) is 0 Å². The largest absolute Gasteiger partial charge is 0.507 e. The number of hydrogen-bond acceptors (Lipinski definition) is 6. The lowest BCUT2D eigenvalue weighted by Crippen LogP contribution is -2.51. The van der Waals surface area contributed by atoms with Gasteiger partial charge in [0.15, 0.2) is 5.82 Å². The lowest BCUT2D eigenvalue weighted by molar-refractivity contribution is -0.135. The SMILES string of the molecule is CCNc1cccnc1N1CCN(C(=O)CC2(C)CCc3c(C)c(O)c(C)c(C)c3O2)CC1. The van der Waals surface area contributed by atoms with Crippen LogP contribution in [0, 0.1) is 20.8 Å². The molecule has 1 unspecified atom stereocenters. The van der Waals surface area contributed by atoms with Crippen molar-refractivity contribution in [1.29, 1.82) is 0 Å². The van der Waals surface area contributed by atoms with Crippen molar-refractivity contribution in [1.82, 2.24) is 9.88 Å². The first-order chi connectivity index (χ1) is 15.7. The number of aromatic nitrogens is 1. The van der Waals surface area contributed by atoms with Gasteiger partial charge >= 0.3 is 0 Å². The highest BCUT2D eigenvalue weighted by Crippen LogP contribution is 2.44. The number of ether oxygens (including phenoxy) is 1. The van der Waals surface area contributed by atoms with E-state index in [1.165, 1.54) is 0 Å². The predicted molar refractivity (Wildman–Crippen MR) is 131 cm³/mol. The van der Waals surface area contributed by atoms with E-state index in [1.54, 1.807) is 0 Å². The van der Waals surface area contributed by atoms with E-state index in [1.807, 2.05) is 50.9 Å². The van der Waals surface area contributed by atoms with Crippen molar-refractivity contribution in [3.8, 4) is 11.5 Å². The molecule has 7 heteroatoms. The molecule has 0 bridgehead atoms. The van der Waals surface area contributed by atoms with E-state index < -0.39 is 5.60 Å². The highest BCUT2D eigenvalue weighted by Gasteiger charge is 2.38. The Bertz CT molecular complexity index is 1050. The number of benzene rings is 1. The molecule has 2 aromatic rings. The predicted octanol–water partition coefficient (Wildman–Crippen LogP) is 3.97. The van der Waals surface area contributed by atoms with Crippen LogP contribution in [0.3, 0.4) is 0 Å². The van der Waals surface area contributed by atoms with E-state index in [-0.39, 0.29) is 5.91 Å². The number of anilines is 2. The summed E-state index contributed by atoms with van der Waals surface area (Å²) in [6.45, 7) is 13.7. The third kappa shape index (κ3) is 4.45. The molecule has 2 N–H and O–H groups in total. The van der Waals surface area contributed by atoms with Crippen LogP contribution < -0.4 is 15.0 Å². The van der Waals surface area contributed by atoms with E-state index in [4.69, 9.17) is 4.74 Å². The summed E-state index contributed by atoms with van der Waals surface area (Å²) in [5, 5.41) is 13.8. The maximum Gasteiger partial charge on any atom is 0.226 e. The average molecular weight is 453 g/mol. The fraction of sp³-hybridized carbons (Fsp3) is 0.538. The minimum Gasteiger partial charge on any atom is -0.507 e. The topological polar surface area (TPSA) is 77.9 Å². The molecule has 1 amide bonds. The lowest BCUT2D eigenvalue weighted by atomic mass is 9.85. The van der Waals surface area contributed by atoms with E-state index in [0.717, 1.165) is 72.0 Å². The highest BCUT2D eigenvalue weighted by atomic mass is 16.5. The van der Waals surface area contributed by atoms with Crippen molar-refractivity contribution in [3.63, 3.8) is 0 Å². The highest BCUT2D eigenvalue weighted by molar-refractivity contribution is 5.78. The van der Waals surface area contributed by atoms with Gasteiger partial charge in [-0.25, -0.2) is 4.98 Å². The Morgan fingerprint density at radius 2 is 1.91 bits per heavy atom. The fourth-order valence-electron chi connectivity index (χ4n) is 5.00. The quantitative estimate of drug-likeness (QED) is 0.715. The Kier molecular flexibility index (Phi) is 6.41. The molecule has 1 fully saturated rings. The van der Waals surface area contributed by atoms with Gasteiger partial charge in [0, 0.05) is 44.5 Å². The third-order valence-electron chi connectivity index (χ3n) is 7.20. The van der Waals surface area contributed by atoms with Crippen molar-refractivity contribution in [2.75, 3.05) is 42.9 Å². The van der Waals surface area contributed by atoms with Crippen LogP contribution in [0.1, 0.15) is 48.9 Å². The summed E-state index contributed by atoms with van der Waals surface area (Å²) < 4.78 is 6.47. The zero-order chi connectivity index (χ0) is 23.8. The van der Waals surface area contributed by atoms with Crippen LogP contribution >= 0.6 is 0 Å². The van der Waals surface area contributed by atoms with Gasteiger partial charge < -0.3 is 25.0 Å². The number of nitrogens with zero attached hydrogens (tertiary/aromatic N) is 3. The number of pyridine rings is 1. The second-order valence-electron chi connectivity index (χ2n) is 9.53. The van der Waals surface area contributed by atoms with Gasteiger partial charge in [-0.3, -0.25) is 4.79 Å². The molecule has 0 saturated carbocycles. The first kappa shape index (κ1) is 23.2. The Balaban J connectivity index is 1.41. The molecule has 1 atom stereocenters. The molecular weight excluding hydrogens is 416 g/mol. The van der Waals surface area contributed by atoms with Crippen LogP contribution in [-0.4, -0.2) is 59.2 Å². The number of phenols is 1. The van der Waals surface area contributed by atoms with E-state index in [2.05, 4.69) is 22.1 Å². The molecule has 1 aromatic carbocycles. The van der Waals surface area contributed by atoms with Gasteiger partial charge in [0.05, 0.1) is 12.1 Å². The van der Waals surface area contributed by atoms with Crippen molar-refractivity contribution in [3.05, 3.63) is 40.6 Å². The maximum absolute atomic E-state index is 13.2. The van der Waals surface area contributed by atoms with Crippen LogP contribution in [0.5, 0.6) is 11.5 Å². The Morgan fingerprint density at radius 1 is 1.18 bits per heavy atom. The van der Waals surface area contributed by atoms with Crippen LogP contribution in [0.2, 0.25) is 0 Å². The first-order valence-corrected chi connectivity index (χ1v) is 12.0. The molecule has 0 radical (unpaired) electrons. The summed E-state index contributed by atoms with van der Waals surface area (Å²) in [5.41, 5.74) is 4.27. The summed E-state index contributed by atoms with van der Waals surface area (Å²) in [5.74, 6) is 2.30. The van der Waals surface area contributed by atoms with Crippen molar-refractivity contribution < 1.29 is 14.6 Å². The van der Waals surface area contributed by atoms with Gasteiger partial charge in [-0.1, -0.05) is 0 Å². The molecule has 33 heavy (non-hydrogen) atoms. The fourth-order valence-corrected chi connectivity index (χ4v) is 5.00. The number of amides is 1. The van der Waals surface area contributed by atoms with Crippen molar-refractivity contribution in [2.45, 2.75) is 59.5 Å². The minimum atomic E-state index is -0.541. The number of fused-ring (bicyclic) bond motifs is 1. The number of carbonyl (C=O) groups is 1. The van der Waals surface area contributed by atoms with Crippen molar-refractivity contribution >= 4 is 17.4 Å². The lowest BCUT2D eigenvalue weighted by Gasteiger charge is -2.40. The van der Waals surface area contributed by atoms with Crippen molar-refractivity contribution in [2.24, 2.45) is 0 Å². The van der Waals surface area contributed by atoms with E-state index >= 15 is 0 Å². The molecule has 0 spiro atoms. The van der Waals surface area contributed by atoms with E-state index in [9.17, 15) is 9.90 Å². The second kappa shape index (κ2) is 9.12. The number of phenolic OH excluding ortho intramolecular Hbond substituents is 1. The number of nitrogens with one attached hydrogen (secondary N) is 1. The number of piperazine rings is 1. The smallest absolute Gasteiger partial charge is 0.226 e. The molecule has 7 nitrogen and oxygen atoms in total. The van der Waals surface area contributed by atoms with Gasteiger partial charge in [-0.2, -0.15) is 0 Å². The summed E-state index contributed by atoms with van der Waals surface area (Å²) in [4.78, 5) is 22.0. The first-order valence-electron chi connectivity index (χ1n) is 12.0. The maximum atomic E-state index is 13.2. The number of hydrogen-bond donors (Lipinski definition) is 2. The Labute approximate surface area is 196 Å². The molecule has 2 aliphatic heterocycles. The standard InChI is InChI=1S/C26H36N4O3/c1-6-27-21-8-7-11-28-25(21)30-14-12-29(13-15-30)22(31)16-26(5)10-9-20-19(4)23(32)17(2)18(3)24(20)33-26/h7-8,11,27,32H,6,9-10,12-16H2,1-5H3. The molecule has 2 aliphatic rings. The molecule has 1 aromatic heterocycles. The Hall–Kier alpha value is -2.96. The normalized spacial score (nSPS) is 20.3. The third-order valence-corrected chi connectivity index (χ3v) is 7.20. The molecule has 178 valence electrons. The summed E-state index contributed by atoms with van der Waals surface area (Å²) >= 11 is 0.